The van der Waals surface area contributed by atoms with Crippen molar-refractivity contribution in [1.29, 1.82) is 0 Å². The van der Waals surface area contributed by atoms with E-state index in [1.807, 2.05) is 18.2 Å². The number of halogens is 1. The second-order valence-corrected chi connectivity index (χ2v) is 7.45. The molecular formula is C20H18ClN3O3S. The molecule has 0 saturated carbocycles. The van der Waals surface area contributed by atoms with Gasteiger partial charge in [-0.2, -0.15) is 0 Å². The predicted octanol–water partition coefficient (Wildman–Crippen LogP) is 5.69. The number of thiazole rings is 1. The Morgan fingerprint density at radius 2 is 1.79 bits per heavy atom. The third-order valence-electron chi connectivity index (χ3n) is 4.05. The fourth-order valence-corrected chi connectivity index (χ4v) is 3.97. The molecule has 0 aliphatic rings. The number of hydrogen-bond donors (Lipinski definition) is 3. The van der Waals surface area contributed by atoms with E-state index in [-0.39, 0.29) is 0 Å². The van der Waals surface area contributed by atoms with Crippen LogP contribution in [-0.2, 0) is 4.79 Å². The van der Waals surface area contributed by atoms with Gasteiger partial charge in [0.1, 0.15) is 0 Å². The smallest absolute Gasteiger partial charge is 0.325 e. The summed E-state index contributed by atoms with van der Waals surface area (Å²) in [5.74, 6) is -1.64. The number of carboxylic acids is 1. The van der Waals surface area contributed by atoms with E-state index in [2.05, 4.69) is 15.6 Å². The van der Waals surface area contributed by atoms with Gasteiger partial charge in [0, 0.05) is 21.2 Å². The summed E-state index contributed by atoms with van der Waals surface area (Å²) < 4.78 is 0. The van der Waals surface area contributed by atoms with Crippen molar-refractivity contribution in [1.82, 2.24) is 4.98 Å². The Hall–Kier alpha value is -2.90. The minimum atomic E-state index is -0.929. The minimum Gasteiger partial charge on any atom is -0.481 e. The summed E-state index contributed by atoms with van der Waals surface area (Å²) in [6.45, 7) is 1.80. The molecule has 3 rings (SSSR count). The molecule has 0 bridgehead atoms. The van der Waals surface area contributed by atoms with Crippen molar-refractivity contribution in [2.24, 2.45) is 0 Å². The van der Waals surface area contributed by atoms with Gasteiger partial charge in [0.05, 0.1) is 11.6 Å². The first-order valence-electron chi connectivity index (χ1n) is 8.60. The summed E-state index contributed by atoms with van der Waals surface area (Å²) in [6.07, 6.45) is 0.410. The van der Waals surface area contributed by atoms with E-state index in [1.165, 1.54) is 0 Å². The Balaban J connectivity index is 1.90. The van der Waals surface area contributed by atoms with E-state index in [9.17, 15) is 14.7 Å². The van der Waals surface area contributed by atoms with E-state index < -0.39 is 17.9 Å². The highest BCUT2D eigenvalue weighted by atomic mass is 35.5. The number of carboxylic acid groups (broad SMARTS) is 1. The number of urea groups is 1. The van der Waals surface area contributed by atoms with Gasteiger partial charge in [-0.05, 0) is 30.7 Å². The highest BCUT2D eigenvalue weighted by Crippen LogP contribution is 2.38. The first-order chi connectivity index (χ1) is 13.5. The van der Waals surface area contributed by atoms with Gasteiger partial charge in [-0.25, -0.2) is 9.78 Å². The molecule has 1 heterocycles. The van der Waals surface area contributed by atoms with Crippen molar-refractivity contribution >= 4 is 45.8 Å². The number of aromatic nitrogens is 1. The number of carbonyl (C=O) groups is 2. The molecule has 6 nitrogen and oxygen atoms in total. The number of carbonyl (C=O) groups excluding carboxylic acids is 1. The van der Waals surface area contributed by atoms with E-state index in [0.29, 0.717) is 32.8 Å². The summed E-state index contributed by atoms with van der Waals surface area (Å²) in [4.78, 5) is 29.0. The first kappa shape index (κ1) is 19.9. The second-order valence-electron chi connectivity index (χ2n) is 5.98. The summed E-state index contributed by atoms with van der Waals surface area (Å²) in [5, 5.41) is 15.9. The van der Waals surface area contributed by atoms with Crippen LogP contribution in [0.1, 0.15) is 24.1 Å². The van der Waals surface area contributed by atoms with Crippen molar-refractivity contribution in [3.63, 3.8) is 0 Å². The van der Waals surface area contributed by atoms with Crippen LogP contribution in [-0.4, -0.2) is 22.1 Å². The molecule has 2 amide bonds. The number of nitrogens with zero attached hydrogens (tertiary/aromatic N) is 1. The van der Waals surface area contributed by atoms with Gasteiger partial charge in [0.25, 0.3) is 0 Å². The summed E-state index contributed by atoms with van der Waals surface area (Å²) in [6, 6.07) is 15.6. The summed E-state index contributed by atoms with van der Waals surface area (Å²) >= 11 is 7.11. The molecule has 1 aromatic heterocycles. The molecule has 0 spiro atoms. The van der Waals surface area contributed by atoms with E-state index in [4.69, 9.17) is 11.6 Å². The molecule has 1 unspecified atom stereocenters. The van der Waals surface area contributed by atoms with Crippen LogP contribution in [0, 0.1) is 0 Å². The quantitative estimate of drug-likeness (QED) is 0.482. The van der Waals surface area contributed by atoms with Gasteiger partial charge >= 0.3 is 12.0 Å². The molecule has 0 fully saturated rings. The molecule has 0 aliphatic heterocycles. The number of amides is 2. The summed E-state index contributed by atoms with van der Waals surface area (Å²) in [5.41, 5.74) is 1.92. The highest BCUT2D eigenvalue weighted by molar-refractivity contribution is 7.16. The lowest BCUT2D eigenvalue weighted by atomic mass is 10.0. The van der Waals surface area contributed by atoms with Crippen LogP contribution in [0.5, 0.6) is 0 Å². The lowest BCUT2D eigenvalue weighted by molar-refractivity contribution is -0.138. The number of nitrogens with one attached hydrogen (secondary N) is 2. The number of anilines is 2. The normalized spacial score (nSPS) is 11.6. The third-order valence-corrected chi connectivity index (χ3v) is 5.38. The van der Waals surface area contributed by atoms with Crippen molar-refractivity contribution in [2.45, 2.75) is 19.3 Å². The Labute approximate surface area is 171 Å². The van der Waals surface area contributed by atoms with Crippen LogP contribution in [0.4, 0.5) is 15.6 Å². The SMILES string of the molecule is CCC(C(=O)O)c1sc(NC(=O)Nc2ccccc2)nc1-c1ccc(Cl)cc1. The predicted molar refractivity (Wildman–Crippen MR) is 112 cm³/mol. The third kappa shape index (κ3) is 4.68. The average Bonchev–Trinajstić information content (AvgIpc) is 3.06. The molecule has 0 aliphatic carbocycles. The minimum absolute atomic E-state index is 0.327. The van der Waals surface area contributed by atoms with Crippen LogP contribution in [0.15, 0.2) is 54.6 Å². The number of aliphatic carboxylic acids is 1. The molecule has 3 aromatic rings. The Morgan fingerprint density at radius 3 is 2.39 bits per heavy atom. The van der Waals surface area contributed by atoms with Crippen LogP contribution >= 0.6 is 22.9 Å². The molecule has 1 atom stereocenters. The van der Waals surface area contributed by atoms with Crippen LogP contribution in [0.25, 0.3) is 11.3 Å². The molecule has 28 heavy (non-hydrogen) atoms. The van der Waals surface area contributed by atoms with E-state index >= 15 is 0 Å². The first-order valence-corrected chi connectivity index (χ1v) is 9.80. The van der Waals surface area contributed by atoms with Crippen molar-refractivity contribution in [3.05, 3.63) is 64.5 Å². The standard InChI is InChI=1S/C20H18ClN3O3S/c1-2-15(18(25)26)17-16(12-8-10-13(21)11-9-12)23-20(28-17)24-19(27)22-14-6-4-3-5-7-14/h3-11,15H,2H2,1H3,(H,25,26)(H2,22,23,24,27). The topological polar surface area (TPSA) is 91.3 Å². The van der Waals surface area contributed by atoms with Gasteiger partial charge in [0.2, 0.25) is 0 Å². The van der Waals surface area contributed by atoms with Crippen LogP contribution in [0.3, 0.4) is 0 Å². The second kappa shape index (κ2) is 8.86. The molecular weight excluding hydrogens is 398 g/mol. The Morgan fingerprint density at radius 1 is 1.11 bits per heavy atom. The molecule has 0 saturated heterocycles. The monoisotopic (exact) mass is 415 g/mol. The molecule has 2 aromatic carbocycles. The largest absolute Gasteiger partial charge is 0.481 e. The number of para-hydroxylation sites is 1. The number of hydrogen-bond acceptors (Lipinski definition) is 4. The fraction of sp³-hybridized carbons (Fsp3) is 0.150. The van der Waals surface area contributed by atoms with Gasteiger partial charge in [-0.15, -0.1) is 11.3 Å². The zero-order chi connectivity index (χ0) is 20.1. The molecule has 144 valence electrons. The van der Waals surface area contributed by atoms with Crippen LogP contribution in [0.2, 0.25) is 5.02 Å². The Kier molecular flexibility index (Phi) is 6.28. The maximum Gasteiger partial charge on any atom is 0.325 e. The van der Waals surface area contributed by atoms with Gasteiger partial charge in [0.15, 0.2) is 5.13 Å². The molecule has 0 radical (unpaired) electrons. The molecule has 8 heteroatoms. The van der Waals surface area contributed by atoms with Crippen molar-refractivity contribution in [2.75, 3.05) is 10.6 Å². The van der Waals surface area contributed by atoms with Gasteiger partial charge in [-0.1, -0.05) is 48.9 Å². The highest BCUT2D eigenvalue weighted by Gasteiger charge is 2.26. The number of benzene rings is 2. The fourth-order valence-electron chi connectivity index (χ4n) is 2.69. The van der Waals surface area contributed by atoms with E-state index in [0.717, 1.165) is 16.9 Å². The Bertz CT molecular complexity index is 974. The average molecular weight is 416 g/mol. The lowest BCUT2D eigenvalue weighted by Crippen LogP contribution is -2.19. The maximum absolute atomic E-state index is 12.3. The molecule has 3 N–H and O–H groups in total. The number of rotatable bonds is 6. The summed E-state index contributed by atoms with van der Waals surface area (Å²) in [7, 11) is 0. The van der Waals surface area contributed by atoms with Gasteiger partial charge < -0.3 is 10.4 Å². The van der Waals surface area contributed by atoms with Gasteiger partial charge in [-0.3, -0.25) is 10.1 Å². The maximum atomic E-state index is 12.3. The zero-order valence-corrected chi connectivity index (χ0v) is 16.6. The lowest BCUT2D eigenvalue weighted by Gasteiger charge is -2.09. The van der Waals surface area contributed by atoms with Crippen molar-refractivity contribution < 1.29 is 14.7 Å². The van der Waals surface area contributed by atoms with Crippen LogP contribution < -0.4 is 10.6 Å². The zero-order valence-electron chi connectivity index (χ0n) is 15.0. The van der Waals surface area contributed by atoms with E-state index in [1.54, 1.807) is 43.3 Å². The van der Waals surface area contributed by atoms with Crippen molar-refractivity contribution in [3.8, 4) is 11.3 Å².